The van der Waals surface area contributed by atoms with Gasteiger partial charge in [0.15, 0.2) is 5.78 Å². The predicted octanol–water partition coefficient (Wildman–Crippen LogP) is 3.78. The van der Waals surface area contributed by atoms with E-state index in [-0.39, 0.29) is 29.4 Å². The van der Waals surface area contributed by atoms with E-state index < -0.39 is 11.1 Å². The molecule has 1 aromatic heterocycles. The standard InChI is InChI=1S/C26H42N4O3/c1-24(2,3)30-23(32)29(27-28-30)15-22(31)21-9-8-20-19-7-6-16-14-25(4,33)12-10-17(16)18(19)11-13-26(20,21)5/h16-21,33H,6-15H2,1-5H3/t16-,17-,18-,19?,20?,21-,25-,26+/m1/s1. The molecule has 7 nitrogen and oxygen atoms in total. The number of hydrogen-bond acceptors (Lipinski definition) is 5. The van der Waals surface area contributed by atoms with Gasteiger partial charge in [-0.05, 0) is 131 Å². The summed E-state index contributed by atoms with van der Waals surface area (Å²) in [6.07, 6.45) is 9.94. The lowest BCUT2D eigenvalue weighted by molar-refractivity contribution is -0.133. The number of aromatic nitrogens is 4. The van der Waals surface area contributed by atoms with Gasteiger partial charge in [-0.1, -0.05) is 6.92 Å². The van der Waals surface area contributed by atoms with Gasteiger partial charge in [-0.25, -0.2) is 4.79 Å². The number of rotatable bonds is 3. The molecular formula is C26H42N4O3. The van der Waals surface area contributed by atoms with Crippen LogP contribution in [0.25, 0.3) is 0 Å². The molecule has 4 aliphatic carbocycles. The van der Waals surface area contributed by atoms with Crippen LogP contribution in [-0.2, 0) is 16.9 Å². The molecule has 0 bridgehead atoms. The third kappa shape index (κ3) is 3.82. The van der Waals surface area contributed by atoms with E-state index in [4.69, 9.17) is 0 Å². The van der Waals surface area contributed by atoms with Crippen LogP contribution in [0.15, 0.2) is 4.79 Å². The van der Waals surface area contributed by atoms with Crippen LogP contribution in [0.3, 0.4) is 0 Å². The summed E-state index contributed by atoms with van der Waals surface area (Å²) >= 11 is 0. The maximum atomic E-state index is 13.5. The normalized spacial score (nSPS) is 43.0. The number of carbonyl (C=O) groups excluding carboxylic acids is 1. The van der Waals surface area contributed by atoms with Crippen molar-refractivity contribution >= 4 is 5.78 Å². The smallest absolute Gasteiger partial charge is 0.364 e. The minimum absolute atomic E-state index is 0.0138. The van der Waals surface area contributed by atoms with Crippen molar-refractivity contribution in [1.82, 2.24) is 19.8 Å². The summed E-state index contributed by atoms with van der Waals surface area (Å²) in [6.45, 7) is 10.2. The van der Waals surface area contributed by atoms with Gasteiger partial charge in [0.1, 0.15) is 6.54 Å². The van der Waals surface area contributed by atoms with Gasteiger partial charge in [-0.15, -0.1) is 0 Å². The Kier molecular flexibility index (Phi) is 5.46. The van der Waals surface area contributed by atoms with E-state index in [0.717, 1.165) is 56.3 Å². The second-order valence-electron chi connectivity index (χ2n) is 13.3. The molecule has 0 aromatic carbocycles. The molecule has 0 amide bonds. The summed E-state index contributed by atoms with van der Waals surface area (Å²) in [4.78, 5) is 26.2. The minimum atomic E-state index is -0.477. The number of carbonyl (C=O) groups is 1. The molecule has 0 saturated heterocycles. The van der Waals surface area contributed by atoms with Crippen LogP contribution in [-0.4, -0.2) is 36.3 Å². The summed E-state index contributed by atoms with van der Waals surface area (Å²) in [7, 11) is 0. The van der Waals surface area contributed by atoms with Crippen molar-refractivity contribution in [2.45, 2.75) is 110 Å². The predicted molar refractivity (Wildman–Crippen MR) is 126 cm³/mol. The third-order valence-electron chi connectivity index (χ3n) is 10.2. The fraction of sp³-hybridized carbons (Fsp3) is 0.923. The van der Waals surface area contributed by atoms with Crippen molar-refractivity contribution in [2.24, 2.45) is 40.9 Å². The van der Waals surface area contributed by atoms with Crippen LogP contribution in [0.4, 0.5) is 0 Å². The lowest BCUT2D eigenvalue weighted by Crippen LogP contribution is -2.51. The van der Waals surface area contributed by atoms with E-state index in [0.29, 0.717) is 11.8 Å². The number of fused-ring (bicyclic) bond motifs is 5. The van der Waals surface area contributed by atoms with Gasteiger partial charge >= 0.3 is 5.69 Å². The van der Waals surface area contributed by atoms with E-state index in [1.165, 1.54) is 28.6 Å². The molecule has 0 aliphatic heterocycles. The zero-order valence-corrected chi connectivity index (χ0v) is 21.1. The van der Waals surface area contributed by atoms with Crippen LogP contribution < -0.4 is 5.69 Å². The highest BCUT2D eigenvalue weighted by Gasteiger charge is 2.58. The molecule has 1 heterocycles. The molecule has 8 atom stereocenters. The number of hydrogen-bond donors (Lipinski definition) is 1. The van der Waals surface area contributed by atoms with E-state index in [1.54, 1.807) is 0 Å². The zero-order chi connectivity index (χ0) is 23.8. The maximum absolute atomic E-state index is 13.5. The van der Waals surface area contributed by atoms with Crippen molar-refractivity contribution < 1.29 is 9.90 Å². The Morgan fingerprint density at radius 2 is 1.73 bits per heavy atom. The zero-order valence-electron chi connectivity index (χ0n) is 21.1. The molecule has 33 heavy (non-hydrogen) atoms. The average molecular weight is 459 g/mol. The summed E-state index contributed by atoms with van der Waals surface area (Å²) in [6, 6.07) is 0. The van der Waals surface area contributed by atoms with Crippen molar-refractivity contribution in [3.05, 3.63) is 10.5 Å². The monoisotopic (exact) mass is 458 g/mol. The lowest BCUT2D eigenvalue weighted by atomic mass is 9.49. The topological polar surface area (TPSA) is 90.0 Å². The van der Waals surface area contributed by atoms with E-state index in [2.05, 4.69) is 17.4 Å². The molecule has 7 heteroatoms. The highest BCUT2D eigenvalue weighted by Crippen LogP contribution is 2.64. The number of Topliss-reactive ketones (excluding diaryl/α,β-unsaturated/α-hetero) is 1. The Bertz CT molecular complexity index is 973. The van der Waals surface area contributed by atoms with E-state index >= 15 is 0 Å². The fourth-order valence-corrected chi connectivity index (χ4v) is 8.66. The molecule has 4 saturated carbocycles. The Morgan fingerprint density at radius 1 is 1.00 bits per heavy atom. The fourth-order valence-electron chi connectivity index (χ4n) is 8.66. The van der Waals surface area contributed by atoms with Crippen LogP contribution in [0.1, 0.15) is 92.4 Å². The minimum Gasteiger partial charge on any atom is -0.390 e. The second kappa shape index (κ2) is 7.76. The first kappa shape index (κ1) is 23.3. The van der Waals surface area contributed by atoms with Crippen LogP contribution in [0, 0.1) is 40.9 Å². The van der Waals surface area contributed by atoms with Gasteiger partial charge in [0.2, 0.25) is 0 Å². The van der Waals surface area contributed by atoms with Crippen LogP contribution in [0.2, 0.25) is 0 Å². The molecule has 0 spiro atoms. The number of tetrazole rings is 1. The van der Waals surface area contributed by atoms with Gasteiger partial charge in [-0.3, -0.25) is 4.79 Å². The van der Waals surface area contributed by atoms with Crippen LogP contribution in [0.5, 0.6) is 0 Å². The lowest BCUT2D eigenvalue weighted by Gasteiger charge is -2.56. The number of aliphatic hydroxyl groups is 1. The molecule has 5 rings (SSSR count). The van der Waals surface area contributed by atoms with E-state index in [9.17, 15) is 14.7 Å². The Morgan fingerprint density at radius 3 is 2.42 bits per heavy atom. The maximum Gasteiger partial charge on any atom is 0.364 e. The highest BCUT2D eigenvalue weighted by atomic mass is 16.3. The molecule has 1 N–H and O–H groups in total. The van der Waals surface area contributed by atoms with Gasteiger partial charge in [0.05, 0.1) is 11.1 Å². The van der Waals surface area contributed by atoms with Gasteiger partial charge in [-0.2, -0.15) is 9.36 Å². The Hall–Kier alpha value is -1.50. The quantitative estimate of drug-likeness (QED) is 0.744. The number of ketones is 1. The molecule has 1 aromatic rings. The Balaban J connectivity index is 1.31. The number of nitrogens with zero attached hydrogens (tertiary/aromatic N) is 4. The van der Waals surface area contributed by atoms with Gasteiger partial charge in [0.25, 0.3) is 0 Å². The summed E-state index contributed by atoms with van der Waals surface area (Å²) in [5, 5.41) is 18.6. The second-order valence-corrected chi connectivity index (χ2v) is 13.3. The van der Waals surface area contributed by atoms with Crippen molar-refractivity contribution in [1.29, 1.82) is 0 Å². The van der Waals surface area contributed by atoms with Crippen molar-refractivity contribution in [3.8, 4) is 0 Å². The van der Waals surface area contributed by atoms with Crippen LogP contribution >= 0.6 is 0 Å². The Labute approximate surface area is 197 Å². The first-order valence-corrected chi connectivity index (χ1v) is 13.2. The first-order chi connectivity index (χ1) is 15.4. The molecule has 2 unspecified atom stereocenters. The van der Waals surface area contributed by atoms with Gasteiger partial charge < -0.3 is 5.11 Å². The first-order valence-electron chi connectivity index (χ1n) is 13.2. The summed E-state index contributed by atoms with van der Waals surface area (Å²) in [5.41, 5.74) is -1.19. The SMILES string of the molecule is CC(C)(C)n1nnn(CC(=O)[C@H]2CCC3C4CC[C@@H]5C[C@](C)(O)CC[C@H]5[C@H]4CC[C@@]32C)c1=O. The molecular weight excluding hydrogens is 416 g/mol. The summed E-state index contributed by atoms with van der Waals surface area (Å²) in [5.74, 6) is 3.70. The van der Waals surface area contributed by atoms with Gasteiger partial charge in [0, 0.05) is 5.92 Å². The van der Waals surface area contributed by atoms with Crippen molar-refractivity contribution in [3.63, 3.8) is 0 Å². The molecule has 4 fully saturated rings. The molecule has 184 valence electrons. The average Bonchev–Trinajstić information content (AvgIpc) is 3.26. The third-order valence-corrected chi connectivity index (χ3v) is 10.2. The largest absolute Gasteiger partial charge is 0.390 e. The highest BCUT2D eigenvalue weighted by molar-refractivity contribution is 5.82. The summed E-state index contributed by atoms with van der Waals surface area (Å²) < 4.78 is 2.62. The van der Waals surface area contributed by atoms with E-state index in [1.807, 2.05) is 27.7 Å². The van der Waals surface area contributed by atoms with Crippen molar-refractivity contribution in [2.75, 3.05) is 0 Å². The molecule has 0 radical (unpaired) electrons. The molecule has 4 aliphatic rings.